The third-order valence-electron chi connectivity index (χ3n) is 2.69. The van der Waals surface area contributed by atoms with Crippen molar-refractivity contribution in [3.05, 3.63) is 69.5 Å². The molecule has 0 atom stereocenters. The second-order valence-corrected chi connectivity index (χ2v) is 4.17. The average Bonchev–Trinajstić information content (AvgIpc) is 2.50. The maximum Gasteiger partial charge on any atom is 0.341 e. The molecule has 1 N–H and O–H groups in total. The molecule has 0 aromatic heterocycles. The van der Waals surface area contributed by atoms with E-state index in [0.717, 1.165) is 12.1 Å². The highest BCUT2D eigenvalue weighted by Gasteiger charge is 2.11. The van der Waals surface area contributed by atoms with Crippen molar-refractivity contribution < 1.29 is 24.0 Å². The van der Waals surface area contributed by atoms with E-state index in [-0.39, 0.29) is 11.3 Å². The smallest absolute Gasteiger partial charge is 0.341 e. The van der Waals surface area contributed by atoms with E-state index in [0.29, 0.717) is 5.56 Å². The van der Waals surface area contributed by atoms with Crippen LogP contribution in [0.2, 0.25) is 0 Å². The number of halogens is 1. The number of para-hydroxylation sites is 2. The summed E-state index contributed by atoms with van der Waals surface area (Å²) in [4.78, 5) is 20.2. The lowest BCUT2D eigenvalue weighted by molar-refractivity contribution is -0.387. The number of benzene rings is 2. The third-order valence-corrected chi connectivity index (χ3v) is 2.69. The highest BCUT2D eigenvalue weighted by atomic mass is 19.1. The van der Waals surface area contributed by atoms with Crippen molar-refractivity contribution in [1.82, 2.24) is 0 Å². The van der Waals surface area contributed by atoms with Crippen molar-refractivity contribution in [2.45, 2.75) is 6.92 Å². The Morgan fingerprint density at radius 2 is 1.86 bits per heavy atom. The first kappa shape index (κ1) is 17.1. The van der Waals surface area contributed by atoms with Crippen LogP contribution in [0.25, 0.3) is 0 Å². The largest absolute Gasteiger partial charge is 0.507 e. The Kier molecular flexibility index (Phi) is 6.00. The van der Waals surface area contributed by atoms with Crippen LogP contribution in [0, 0.1) is 22.9 Å². The highest BCUT2D eigenvalue weighted by Crippen LogP contribution is 2.21. The zero-order valence-corrected chi connectivity index (χ0v) is 11.9. The Balaban J connectivity index is 0.000000224. The van der Waals surface area contributed by atoms with Gasteiger partial charge in [0, 0.05) is 6.07 Å². The van der Waals surface area contributed by atoms with E-state index in [9.17, 15) is 24.4 Å². The molecule has 0 fully saturated rings. The number of ether oxygens (including phenoxy) is 1. The molecule has 2 rings (SSSR count). The summed E-state index contributed by atoms with van der Waals surface area (Å²) < 4.78 is 16.9. The van der Waals surface area contributed by atoms with E-state index in [1.807, 2.05) is 0 Å². The second-order valence-electron chi connectivity index (χ2n) is 4.17. The van der Waals surface area contributed by atoms with Gasteiger partial charge in [0.1, 0.15) is 11.3 Å². The molecule has 6 nitrogen and oxygen atoms in total. The highest BCUT2D eigenvalue weighted by molar-refractivity contribution is 5.92. The zero-order valence-electron chi connectivity index (χ0n) is 11.9. The number of carbonyl (C=O) groups is 1. The first-order valence-corrected chi connectivity index (χ1v) is 6.14. The monoisotopic (exact) mass is 307 g/mol. The molecule has 0 saturated carbocycles. The first-order chi connectivity index (χ1) is 10.4. The van der Waals surface area contributed by atoms with Crippen LogP contribution in [0.5, 0.6) is 5.75 Å². The summed E-state index contributed by atoms with van der Waals surface area (Å²) in [7, 11) is 1.28. The summed E-state index contributed by atoms with van der Waals surface area (Å²) in [5.41, 5.74) is 0.387. The molecular formula is C15H14FNO5. The number of nitro benzene ring substituents is 1. The molecule has 116 valence electrons. The Bertz CT molecular complexity index is 687. The van der Waals surface area contributed by atoms with Crippen LogP contribution in [0.3, 0.4) is 0 Å². The Labute approximate surface area is 125 Å². The molecule has 0 heterocycles. The summed E-state index contributed by atoms with van der Waals surface area (Å²) >= 11 is 0. The van der Waals surface area contributed by atoms with Crippen LogP contribution in [0.15, 0.2) is 42.5 Å². The fraction of sp³-hybridized carbons (Fsp3) is 0.133. The van der Waals surface area contributed by atoms with Crippen molar-refractivity contribution in [2.24, 2.45) is 0 Å². The molecular weight excluding hydrogens is 293 g/mol. The van der Waals surface area contributed by atoms with Crippen molar-refractivity contribution >= 4 is 11.7 Å². The SMILES string of the molecule is COC(=O)c1cccc(C)c1O.O=[N+]([O-])c1ccccc1F. The molecule has 0 bridgehead atoms. The average molecular weight is 307 g/mol. The summed E-state index contributed by atoms with van der Waals surface area (Å²) in [6, 6.07) is 9.94. The number of carbonyl (C=O) groups excluding carboxylic acids is 1. The normalized spacial score (nSPS) is 9.41. The number of aromatic hydroxyl groups is 1. The van der Waals surface area contributed by atoms with E-state index >= 15 is 0 Å². The predicted octanol–water partition coefficient (Wildman–Crippen LogP) is 3.22. The van der Waals surface area contributed by atoms with Crippen LogP contribution in [-0.2, 0) is 4.74 Å². The zero-order chi connectivity index (χ0) is 16.7. The lowest BCUT2D eigenvalue weighted by atomic mass is 10.1. The van der Waals surface area contributed by atoms with Gasteiger partial charge >= 0.3 is 11.7 Å². The molecule has 0 aliphatic heterocycles. The molecule has 22 heavy (non-hydrogen) atoms. The van der Waals surface area contributed by atoms with Gasteiger partial charge in [-0.2, -0.15) is 4.39 Å². The molecule has 0 amide bonds. The van der Waals surface area contributed by atoms with Crippen molar-refractivity contribution in [3.63, 3.8) is 0 Å². The molecule has 0 aliphatic carbocycles. The molecule has 0 aliphatic rings. The van der Waals surface area contributed by atoms with Gasteiger partial charge in [0.15, 0.2) is 0 Å². The number of phenols is 1. The fourth-order valence-electron chi connectivity index (χ4n) is 1.53. The number of esters is 1. The van der Waals surface area contributed by atoms with Crippen LogP contribution < -0.4 is 0 Å². The van der Waals surface area contributed by atoms with Crippen molar-refractivity contribution in [1.29, 1.82) is 0 Å². The molecule has 0 saturated heterocycles. The lowest BCUT2D eigenvalue weighted by Crippen LogP contribution is -2.01. The number of methoxy groups -OCH3 is 1. The van der Waals surface area contributed by atoms with Gasteiger partial charge in [0.2, 0.25) is 5.82 Å². The lowest BCUT2D eigenvalue weighted by Gasteiger charge is -2.03. The summed E-state index contributed by atoms with van der Waals surface area (Å²) in [6.07, 6.45) is 0. The number of aryl methyl sites for hydroxylation is 1. The predicted molar refractivity (Wildman–Crippen MR) is 77.2 cm³/mol. The Hall–Kier alpha value is -2.96. The maximum absolute atomic E-state index is 12.4. The van der Waals surface area contributed by atoms with Crippen LogP contribution in [-0.4, -0.2) is 23.1 Å². The summed E-state index contributed by atoms with van der Waals surface area (Å²) in [5, 5.41) is 19.4. The standard InChI is InChI=1S/C9H10O3.C6H4FNO2/c1-6-4-3-5-7(8(6)10)9(11)12-2;7-5-3-1-2-4-6(5)8(9)10/h3-5,10H,1-2H3;1-4H. The van der Waals surface area contributed by atoms with E-state index in [4.69, 9.17) is 0 Å². The van der Waals surface area contributed by atoms with Crippen LogP contribution in [0.1, 0.15) is 15.9 Å². The first-order valence-electron chi connectivity index (χ1n) is 6.14. The number of hydrogen-bond donors (Lipinski definition) is 1. The van der Waals surface area contributed by atoms with Crippen molar-refractivity contribution in [2.75, 3.05) is 7.11 Å². The molecule has 0 spiro atoms. The number of phenolic OH excluding ortho intramolecular Hbond substituents is 1. The van der Waals surface area contributed by atoms with Gasteiger partial charge in [0.25, 0.3) is 0 Å². The van der Waals surface area contributed by atoms with Crippen molar-refractivity contribution in [3.8, 4) is 5.75 Å². The van der Waals surface area contributed by atoms with Crippen LogP contribution >= 0.6 is 0 Å². The minimum atomic E-state index is -0.799. The molecule has 0 unspecified atom stereocenters. The minimum absolute atomic E-state index is 0.00986. The van der Waals surface area contributed by atoms with Crippen LogP contribution in [0.4, 0.5) is 10.1 Å². The molecule has 0 radical (unpaired) electrons. The number of hydrogen-bond acceptors (Lipinski definition) is 5. The Morgan fingerprint density at radius 1 is 1.23 bits per heavy atom. The second kappa shape index (κ2) is 7.72. The fourth-order valence-corrected chi connectivity index (χ4v) is 1.53. The van der Waals surface area contributed by atoms with E-state index in [2.05, 4.69) is 4.74 Å². The van der Waals surface area contributed by atoms with E-state index in [1.165, 1.54) is 25.3 Å². The summed E-state index contributed by atoms with van der Waals surface area (Å²) in [5.74, 6) is -1.33. The Morgan fingerprint density at radius 3 is 2.36 bits per heavy atom. The maximum atomic E-state index is 12.4. The van der Waals surface area contributed by atoms with Gasteiger partial charge in [0.05, 0.1) is 12.0 Å². The van der Waals surface area contributed by atoms with E-state index < -0.39 is 22.4 Å². The van der Waals surface area contributed by atoms with E-state index in [1.54, 1.807) is 19.1 Å². The topological polar surface area (TPSA) is 89.7 Å². The van der Waals surface area contributed by atoms with Gasteiger partial charge in [-0.1, -0.05) is 24.3 Å². The number of nitro groups is 1. The van der Waals surface area contributed by atoms with Gasteiger partial charge in [-0.25, -0.2) is 4.79 Å². The van der Waals surface area contributed by atoms with Gasteiger partial charge in [-0.3, -0.25) is 10.1 Å². The molecule has 2 aromatic carbocycles. The van der Waals surface area contributed by atoms with Gasteiger partial charge in [-0.15, -0.1) is 0 Å². The van der Waals surface area contributed by atoms with Gasteiger partial charge < -0.3 is 9.84 Å². The number of nitrogens with zero attached hydrogens (tertiary/aromatic N) is 1. The molecule has 7 heteroatoms. The van der Waals surface area contributed by atoms with Gasteiger partial charge in [-0.05, 0) is 24.6 Å². The quantitative estimate of drug-likeness (QED) is 0.522. The molecule has 2 aromatic rings. The third kappa shape index (κ3) is 4.27. The summed E-state index contributed by atoms with van der Waals surface area (Å²) in [6.45, 7) is 1.72. The minimum Gasteiger partial charge on any atom is -0.507 e. The number of rotatable bonds is 2.